The highest BCUT2D eigenvalue weighted by molar-refractivity contribution is 5.84. The zero-order chi connectivity index (χ0) is 30.1. The number of hydroxylamine groups is 2. The monoisotopic (exact) mass is 586 g/mol. The van der Waals surface area contributed by atoms with Crippen LogP contribution in [0.5, 0.6) is 0 Å². The third-order valence-corrected chi connectivity index (χ3v) is 7.89. The summed E-state index contributed by atoms with van der Waals surface area (Å²) in [5.74, 6) is -2.15. The Morgan fingerprint density at radius 1 is 1.09 bits per heavy atom. The minimum Gasteiger partial charge on any atom is -0.383 e. The van der Waals surface area contributed by atoms with E-state index in [0.29, 0.717) is 25.3 Å². The third-order valence-electron chi connectivity index (χ3n) is 7.89. The lowest BCUT2D eigenvalue weighted by molar-refractivity contribution is -0.155. The molecule has 4 heterocycles. The van der Waals surface area contributed by atoms with E-state index in [2.05, 4.69) is 10.1 Å². The van der Waals surface area contributed by atoms with Crippen LogP contribution in [-0.4, -0.2) is 62.2 Å². The number of hydrogen-bond donors (Lipinski definition) is 0. The molecule has 0 unspecified atom stereocenters. The maximum atomic E-state index is 14.1. The molecule has 0 N–H and O–H groups in total. The average molecular weight is 587 g/mol. The van der Waals surface area contributed by atoms with Crippen LogP contribution in [0.25, 0.3) is 28.0 Å². The van der Waals surface area contributed by atoms with Gasteiger partial charge in [-0.2, -0.15) is 15.3 Å². The molecule has 0 bridgehead atoms. The number of benzene rings is 2. The number of fused-ring (bicyclic) bond motifs is 1. The molecular formula is C32H32F2N6O3. The number of rotatable bonds is 10. The zero-order valence-corrected chi connectivity index (χ0v) is 24.2. The van der Waals surface area contributed by atoms with Crippen LogP contribution in [0.15, 0.2) is 67.0 Å². The molecular weight excluding hydrogens is 554 g/mol. The van der Waals surface area contributed by atoms with Crippen molar-refractivity contribution in [2.75, 3.05) is 26.8 Å². The summed E-state index contributed by atoms with van der Waals surface area (Å²) in [6.07, 6.45) is 3.27. The van der Waals surface area contributed by atoms with Gasteiger partial charge < -0.3 is 4.74 Å². The Labute approximate surface area is 247 Å². The summed E-state index contributed by atoms with van der Waals surface area (Å²) in [5.41, 5.74) is 5.32. The molecule has 5 aromatic rings. The van der Waals surface area contributed by atoms with Crippen LogP contribution >= 0.6 is 0 Å². The quantitative estimate of drug-likeness (QED) is 0.223. The van der Waals surface area contributed by atoms with Gasteiger partial charge in [0.1, 0.15) is 11.9 Å². The topological polar surface area (TPSA) is 87.3 Å². The second kappa shape index (κ2) is 12.1. The fraction of sp³-hybridized carbons (Fsp3) is 0.312. The average Bonchev–Trinajstić information content (AvgIpc) is 3.69. The fourth-order valence-electron chi connectivity index (χ4n) is 5.70. The Balaban J connectivity index is 1.30. The van der Waals surface area contributed by atoms with Crippen LogP contribution in [0.2, 0.25) is 0 Å². The molecule has 1 fully saturated rings. The Morgan fingerprint density at radius 3 is 2.67 bits per heavy atom. The van der Waals surface area contributed by atoms with Crippen molar-refractivity contribution < 1.29 is 23.1 Å². The lowest BCUT2D eigenvalue weighted by Crippen LogP contribution is -2.24. The molecule has 1 aliphatic rings. The van der Waals surface area contributed by atoms with Gasteiger partial charge in [0.2, 0.25) is 0 Å². The molecule has 3 aromatic heterocycles. The summed E-state index contributed by atoms with van der Waals surface area (Å²) >= 11 is 0. The van der Waals surface area contributed by atoms with E-state index in [9.17, 15) is 13.6 Å². The molecule has 6 rings (SSSR count). The Kier molecular flexibility index (Phi) is 8.11. The smallest absolute Gasteiger partial charge is 0.159 e. The predicted molar refractivity (Wildman–Crippen MR) is 156 cm³/mol. The van der Waals surface area contributed by atoms with E-state index in [0.717, 1.165) is 51.4 Å². The molecule has 11 heteroatoms. The number of hydrogen-bond acceptors (Lipinski definition) is 7. The number of methoxy groups -OCH3 is 1. The van der Waals surface area contributed by atoms with E-state index < -0.39 is 17.7 Å². The largest absolute Gasteiger partial charge is 0.383 e. The summed E-state index contributed by atoms with van der Waals surface area (Å²) in [5, 5.41) is 11.9. The first-order chi connectivity index (χ1) is 20.8. The predicted octanol–water partition coefficient (Wildman–Crippen LogP) is 5.16. The number of pyridine rings is 1. The van der Waals surface area contributed by atoms with Crippen molar-refractivity contribution >= 4 is 16.8 Å². The fourth-order valence-corrected chi connectivity index (χ4v) is 5.70. The number of ketones is 1. The van der Waals surface area contributed by atoms with E-state index in [-0.39, 0.29) is 24.5 Å². The van der Waals surface area contributed by atoms with Crippen LogP contribution in [0.1, 0.15) is 29.3 Å². The molecule has 0 radical (unpaired) electrons. The standard InChI is InChI=1S/C32H32F2N6O3/c1-20-29(16-26(41)14-24-19-39(11-12-42-3)43-31(24)21-9-10-27(33)28(34)15-21)40(25-7-5-4-6-8-25)37-30(20)22-13-23-18-36-38(2)32(23)35-17-22/h4-10,13,15,17-18,24,31H,11-12,14,16,19H2,1-3H3/t24-,31+/m1/s1. The van der Waals surface area contributed by atoms with Gasteiger partial charge >= 0.3 is 0 Å². The number of carbonyl (C=O) groups excluding carboxylic acids is 1. The van der Waals surface area contributed by atoms with Gasteiger partial charge in [0.25, 0.3) is 0 Å². The van der Waals surface area contributed by atoms with E-state index in [1.165, 1.54) is 6.07 Å². The summed E-state index contributed by atoms with van der Waals surface area (Å²) < 4.78 is 36.5. The van der Waals surface area contributed by atoms with E-state index in [1.807, 2.05) is 55.1 Å². The lowest BCUT2D eigenvalue weighted by atomic mass is 9.90. The number of aryl methyl sites for hydroxylation is 1. The van der Waals surface area contributed by atoms with Crippen molar-refractivity contribution in [3.63, 3.8) is 0 Å². The van der Waals surface area contributed by atoms with Crippen LogP contribution < -0.4 is 0 Å². The number of aromatic nitrogens is 5. The number of para-hydroxylation sites is 1. The van der Waals surface area contributed by atoms with E-state index in [1.54, 1.807) is 29.2 Å². The minimum atomic E-state index is -0.949. The molecule has 222 valence electrons. The molecule has 9 nitrogen and oxygen atoms in total. The highest BCUT2D eigenvalue weighted by Gasteiger charge is 2.37. The van der Waals surface area contributed by atoms with Gasteiger partial charge in [-0.15, -0.1) is 0 Å². The highest BCUT2D eigenvalue weighted by Crippen LogP contribution is 2.37. The minimum absolute atomic E-state index is 0.0117. The molecule has 0 aliphatic carbocycles. The Morgan fingerprint density at radius 2 is 1.91 bits per heavy atom. The van der Waals surface area contributed by atoms with E-state index >= 15 is 0 Å². The third kappa shape index (κ3) is 5.83. The molecule has 0 saturated carbocycles. The van der Waals surface area contributed by atoms with Crippen LogP contribution in [0.3, 0.4) is 0 Å². The van der Waals surface area contributed by atoms with Crippen molar-refractivity contribution in [1.29, 1.82) is 0 Å². The summed E-state index contributed by atoms with van der Waals surface area (Å²) in [7, 11) is 3.44. The number of halogens is 2. The first kappa shape index (κ1) is 28.8. The molecule has 2 atom stereocenters. The Bertz CT molecular complexity index is 1770. The molecule has 43 heavy (non-hydrogen) atoms. The van der Waals surface area contributed by atoms with Crippen LogP contribution in [0.4, 0.5) is 8.78 Å². The zero-order valence-electron chi connectivity index (χ0n) is 24.2. The molecule has 0 spiro atoms. The molecule has 2 aromatic carbocycles. The summed E-state index contributed by atoms with van der Waals surface area (Å²) in [6.45, 7) is 3.34. The van der Waals surface area contributed by atoms with Crippen molar-refractivity contribution in [2.24, 2.45) is 13.0 Å². The SMILES string of the molecule is COCCN1C[C@@H](CC(=O)Cc2c(C)c(-c3cnc4c(cnn4C)c3)nn2-c2ccccc2)[C@H](c2ccc(F)c(F)c2)O1. The highest BCUT2D eigenvalue weighted by atomic mass is 19.2. The number of ether oxygens (including phenoxy) is 1. The lowest BCUT2D eigenvalue weighted by Gasteiger charge is -2.18. The number of nitrogens with zero attached hydrogens (tertiary/aromatic N) is 6. The summed E-state index contributed by atoms with van der Waals surface area (Å²) in [6, 6.07) is 15.4. The van der Waals surface area contributed by atoms with Crippen molar-refractivity contribution in [2.45, 2.75) is 25.9 Å². The van der Waals surface area contributed by atoms with Gasteiger partial charge in [0.05, 0.1) is 29.9 Å². The van der Waals surface area contributed by atoms with Gasteiger partial charge in [-0.1, -0.05) is 24.3 Å². The van der Waals surface area contributed by atoms with Crippen molar-refractivity contribution in [3.05, 3.63) is 95.4 Å². The second-order valence-corrected chi connectivity index (χ2v) is 10.8. The van der Waals surface area contributed by atoms with Gasteiger partial charge in [0.15, 0.2) is 17.3 Å². The maximum absolute atomic E-state index is 14.1. The molecule has 0 amide bonds. The summed E-state index contributed by atoms with van der Waals surface area (Å²) in [4.78, 5) is 24.4. The van der Waals surface area contributed by atoms with Crippen molar-refractivity contribution in [3.8, 4) is 16.9 Å². The molecule has 1 saturated heterocycles. The first-order valence-electron chi connectivity index (χ1n) is 14.1. The van der Waals surface area contributed by atoms with Crippen molar-refractivity contribution in [1.82, 2.24) is 29.6 Å². The Hall–Kier alpha value is -4.32. The van der Waals surface area contributed by atoms with Gasteiger partial charge in [-0.05, 0) is 48.4 Å². The van der Waals surface area contributed by atoms with Gasteiger partial charge in [-0.25, -0.2) is 18.4 Å². The first-order valence-corrected chi connectivity index (χ1v) is 14.1. The second-order valence-electron chi connectivity index (χ2n) is 10.8. The maximum Gasteiger partial charge on any atom is 0.159 e. The van der Waals surface area contributed by atoms with Crippen LogP contribution in [-0.2, 0) is 27.8 Å². The van der Waals surface area contributed by atoms with Gasteiger partial charge in [-0.3, -0.25) is 14.3 Å². The number of carbonyl (C=O) groups is 1. The number of Topliss-reactive ketones (excluding diaryl/α,β-unsaturated/α-hetero) is 1. The van der Waals surface area contributed by atoms with Gasteiger partial charge in [0, 0.05) is 63.2 Å². The van der Waals surface area contributed by atoms with E-state index in [4.69, 9.17) is 14.7 Å². The molecule has 1 aliphatic heterocycles. The normalized spacial score (nSPS) is 17.2. The van der Waals surface area contributed by atoms with Crippen LogP contribution in [0, 0.1) is 24.5 Å².